The minimum absolute atomic E-state index is 0.569. The second-order valence-electron chi connectivity index (χ2n) is 5.81. The molecule has 1 aromatic carbocycles. The molecule has 106 valence electrons. The first-order valence-electron chi connectivity index (χ1n) is 7.37. The quantitative estimate of drug-likeness (QED) is 0.885. The molecule has 1 aliphatic rings. The highest BCUT2D eigenvalue weighted by Crippen LogP contribution is 2.20. The summed E-state index contributed by atoms with van der Waals surface area (Å²) >= 11 is 5.94. The molecule has 0 aliphatic carbocycles. The molecule has 1 aliphatic heterocycles. The molecular weight excluding hydrogens is 256 g/mol. The molecule has 3 heteroatoms. The third-order valence-corrected chi connectivity index (χ3v) is 4.06. The fraction of sp³-hybridized carbons (Fsp3) is 0.625. The minimum Gasteiger partial charge on any atom is -0.313 e. The number of nitrogens with zero attached hydrogens (tertiary/aromatic N) is 1. The molecule has 0 aromatic heterocycles. The van der Waals surface area contributed by atoms with Crippen molar-refractivity contribution in [2.45, 2.75) is 51.7 Å². The van der Waals surface area contributed by atoms with E-state index in [1.54, 1.807) is 0 Å². The van der Waals surface area contributed by atoms with Crippen LogP contribution in [0.25, 0.3) is 0 Å². The molecule has 2 rings (SSSR count). The zero-order valence-electron chi connectivity index (χ0n) is 12.0. The van der Waals surface area contributed by atoms with Crippen LogP contribution in [0.15, 0.2) is 24.3 Å². The van der Waals surface area contributed by atoms with Gasteiger partial charge in [0.15, 0.2) is 0 Å². The van der Waals surface area contributed by atoms with Crippen molar-refractivity contribution in [2.24, 2.45) is 0 Å². The van der Waals surface area contributed by atoms with Crippen LogP contribution in [0.2, 0.25) is 5.02 Å². The van der Waals surface area contributed by atoms with E-state index in [2.05, 4.69) is 36.2 Å². The summed E-state index contributed by atoms with van der Waals surface area (Å²) in [6.07, 6.45) is 4.00. The van der Waals surface area contributed by atoms with Crippen LogP contribution in [-0.2, 0) is 6.54 Å². The molecule has 1 unspecified atom stereocenters. The van der Waals surface area contributed by atoms with Crippen molar-refractivity contribution < 1.29 is 0 Å². The van der Waals surface area contributed by atoms with E-state index in [-0.39, 0.29) is 0 Å². The van der Waals surface area contributed by atoms with Crippen molar-refractivity contribution in [3.8, 4) is 0 Å². The molecule has 1 atom stereocenters. The average Bonchev–Trinajstić information content (AvgIpc) is 2.40. The standard InChI is InChI=1S/C16H25ClN2/c1-13(2)18-11-16-5-3-4-10-19(16)12-14-6-8-15(17)9-7-14/h6-9,13,16,18H,3-5,10-12H2,1-2H3. The molecule has 1 N–H and O–H groups in total. The lowest BCUT2D eigenvalue weighted by atomic mass is 10.0. The maximum Gasteiger partial charge on any atom is 0.0406 e. The van der Waals surface area contributed by atoms with Crippen LogP contribution in [0.4, 0.5) is 0 Å². The van der Waals surface area contributed by atoms with Crippen LogP contribution in [-0.4, -0.2) is 30.1 Å². The van der Waals surface area contributed by atoms with E-state index in [0.29, 0.717) is 12.1 Å². The summed E-state index contributed by atoms with van der Waals surface area (Å²) in [5, 5.41) is 4.40. The van der Waals surface area contributed by atoms with Gasteiger partial charge in [0.2, 0.25) is 0 Å². The predicted octanol–water partition coefficient (Wildman–Crippen LogP) is 3.69. The Bertz CT molecular complexity index is 375. The lowest BCUT2D eigenvalue weighted by Gasteiger charge is -2.36. The monoisotopic (exact) mass is 280 g/mol. The maximum absolute atomic E-state index is 5.94. The minimum atomic E-state index is 0.569. The van der Waals surface area contributed by atoms with Gasteiger partial charge in [-0.2, -0.15) is 0 Å². The molecule has 1 saturated heterocycles. The third-order valence-electron chi connectivity index (χ3n) is 3.81. The van der Waals surface area contributed by atoms with Gasteiger partial charge in [0.1, 0.15) is 0 Å². The topological polar surface area (TPSA) is 15.3 Å². The Kier molecular flexibility index (Phi) is 5.68. The van der Waals surface area contributed by atoms with Crippen LogP contribution < -0.4 is 5.32 Å². The lowest BCUT2D eigenvalue weighted by Crippen LogP contribution is -2.46. The van der Waals surface area contributed by atoms with Gasteiger partial charge in [-0.25, -0.2) is 0 Å². The molecule has 2 nitrogen and oxygen atoms in total. The number of benzene rings is 1. The van der Waals surface area contributed by atoms with Gasteiger partial charge in [0.25, 0.3) is 0 Å². The van der Waals surface area contributed by atoms with Crippen LogP contribution >= 0.6 is 11.6 Å². The number of halogens is 1. The van der Waals surface area contributed by atoms with Crippen molar-refractivity contribution >= 4 is 11.6 Å². The van der Waals surface area contributed by atoms with Crippen molar-refractivity contribution in [3.05, 3.63) is 34.9 Å². The Morgan fingerprint density at radius 2 is 2.00 bits per heavy atom. The Morgan fingerprint density at radius 1 is 1.26 bits per heavy atom. The van der Waals surface area contributed by atoms with Gasteiger partial charge in [-0.05, 0) is 37.1 Å². The highest BCUT2D eigenvalue weighted by molar-refractivity contribution is 6.30. The van der Waals surface area contributed by atoms with Crippen LogP contribution in [0.5, 0.6) is 0 Å². The van der Waals surface area contributed by atoms with Crippen molar-refractivity contribution in [2.75, 3.05) is 13.1 Å². The SMILES string of the molecule is CC(C)NCC1CCCCN1Cc1ccc(Cl)cc1. The van der Waals surface area contributed by atoms with E-state index >= 15 is 0 Å². The predicted molar refractivity (Wildman–Crippen MR) is 82.6 cm³/mol. The smallest absolute Gasteiger partial charge is 0.0406 e. The van der Waals surface area contributed by atoms with Gasteiger partial charge >= 0.3 is 0 Å². The van der Waals surface area contributed by atoms with Gasteiger partial charge in [0.05, 0.1) is 0 Å². The molecule has 0 spiro atoms. The van der Waals surface area contributed by atoms with Crippen LogP contribution in [0, 0.1) is 0 Å². The van der Waals surface area contributed by atoms with E-state index in [4.69, 9.17) is 11.6 Å². The molecule has 19 heavy (non-hydrogen) atoms. The zero-order chi connectivity index (χ0) is 13.7. The molecule has 0 bridgehead atoms. The number of likely N-dealkylation sites (tertiary alicyclic amines) is 1. The van der Waals surface area contributed by atoms with Crippen molar-refractivity contribution in [3.63, 3.8) is 0 Å². The summed E-state index contributed by atoms with van der Waals surface area (Å²) in [4.78, 5) is 2.61. The Morgan fingerprint density at radius 3 is 2.68 bits per heavy atom. The number of rotatable bonds is 5. The Labute approximate surface area is 122 Å². The first kappa shape index (κ1) is 14.8. The Hall–Kier alpha value is -0.570. The number of hydrogen-bond acceptors (Lipinski definition) is 2. The molecule has 1 aromatic rings. The van der Waals surface area contributed by atoms with Crippen molar-refractivity contribution in [1.29, 1.82) is 0 Å². The normalized spacial score (nSPS) is 20.9. The largest absolute Gasteiger partial charge is 0.313 e. The van der Waals surface area contributed by atoms with E-state index in [1.807, 2.05) is 12.1 Å². The molecular formula is C16H25ClN2. The van der Waals surface area contributed by atoms with Crippen LogP contribution in [0.1, 0.15) is 38.7 Å². The molecule has 1 fully saturated rings. The summed E-state index contributed by atoms with van der Waals surface area (Å²) in [6, 6.07) is 9.50. The average molecular weight is 281 g/mol. The zero-order valence-corrected chi connectivity index (χ0v) is 12.8. The third kappa shape index (κ3) is 4.79. The summed E-state index contributed by atoms with van der Waals surface area (Å²) in [5.74, 6) is 0. The van der Waals surface area contributed by atoms with E-state index in [1.165, 1.54) is 31.4 Å². The summed E-state index contributed by atoms with van der Waals surface area (Å²) in [6.45, 7) is 7.79. The van der Waals surface area contributed by atoms with E-state index in [9.17, 15) is 0 Å². The summed E-state index contributed by atoms with van der Waals surface area (Å²) < 4.78 is 0. The second kappa shape index (κ2) is 7.28. The second-order valence-corrected chi connectivity index (χ2v) is 6.25. The molecule has 0 saturated carbocycles. The molecule has 0 amide bonds. The first-order valence-corrected chi connectivity index (χ1v) is 7.75. The number of piperidine rings is 1. The van der Waals surface area contributed by atoms with E-state index in [0.717, 1.165) is 18.1 Å². The Balaban J connectivity index is 1.93. The summed E-state index contributed by atoms with van der Waals surface area (Å²) in [7, 11) is 0. The fourth-order valence-electron chi connectivity index (χ4n) is 2.70. The van der Waals surface area contributed by atoms with Crippen molar-refractivity contribution in [1.82, 2.24) is 10.2 Å². The summed E-state index contributed by atoms with van der Waals surface area (Å²) in [5.41, 5.74) is 1.36. The fourth-order valence-corrected chi connectivity index (χ4v) is 2.82. The van der Waals surface area contributed by atoms with Gasteiger partial charge < -0.3 is 5.32 Å². The van der Waals surface area contributed by atoms with Gasteiger partial charge in [-0.3, -0.25) is 4.90 Å². The van der Waals surface area contributed by atoms with Gasteiger partial charge in [-0.1, -0.05) is 44.0 Å². The van der Waals surface area contributed by atoms with Gasteiger partial charge in [0, 0.05) is 30.2 Å². The highest BCUT2D eigenvalue weighted by Gasteiger charge is 2.22. The molecule has 1 heterocycles. The maximum atomic E-state index is 5.94. The number of nitrogens with one attached hydrogen (secondary N) is 1. The highest BCUT2D eigenvalue weighted by atomic mass is 35.5. The lowest BCUT2D eigenvalue weighted by molar-refractivity contribution is 0.136. The van der Waals surface area contributed by atoms with Gasteiger partial charge in [-0.15, -0.1) is 0 Å². The number of hydrogen-bond donors (Lipinski definition) is 1. The van der Waals surface area contributed by atoms with E-state index < -0.39 is 0 Å². The molecule has 0 radical (unpaired) electrons. The first-order chi connectivity index (χ1) is 9.15. The van der Waals surface area contributed by atoms with Crippen LogP contribution in [0.3, 0.4) is 0 Å².